The molecule has 2 aromatic heterocycles. The Morgan fingerprint density at radius 1 is 1.33 bits per heavy atom. The zero-order valence-electron chi connectivity index (χ0n) is 13.7. The fourth-order valence-corrected chi connectivity index (χ4v) is 3.99. The Kier molecular flexibility index (Phi) is 4.78. The number of halogens is 1. The first-order valence-electron chi connectivity index (χ1n) is 7.72. The van der Waals surface area contributed by atoms with Gasteiger partial charge in [-0.05, 0) is 40.4 Å². The van der Waals surface area contributed by atoms with Gasteiger partial charge in [0.05, 0.1) is 0 Å². The second-order valence-corrected chi connectivity index (χ2v) is 7.66. The van der Waals surface area contributed by atoms with Crippen molar-refractivity contribution in [1.29, 1.82) is 0 Å². The Labute approximate surface area is 171 Å². The smallest absolute Gasteiger partial charge is 0.268 e. The summed E-state index contributed by atoms with van der Waals surface area (Å²) in [6.07, 6.45) is 2.29. The number of hydrogen-bond acceptors (Lipinski definition) is 8. The predicted molar refractivity (Wildman–Crippen MR) is 107 cm³/mol. The van der Waals surface area contributed by atoms with Crippen molar-refractivity contribution in [2.45, 2.75) is 18.0 Å². The highest BCUT2D eigenvalue weighted by atomic mass is 127. The molecule has 0 aliphatic carbocycles. The topological polar surface area (TPSA) is 131 Å². The average Bonchev–Trinajstić information content (AvgIpc) is 3.22. The fraction of sp³-hybridized carbons (Fsp3) is 0.125. The second-order valence-electron chi connectivity index (χ2n) is 5.52. The minimum atomic E-state index is -0.542. The van der Waals surface area contributed by atoms with Gasteiger partial charge in [0.25, 0.3) is 6.29 Å². The number of ether oxygens (including phenoxy) is 2. The molecule has 0 radical (unpaired) electrons. The van der Waals surface area contributed by atoms with E-state index in [-0.39, 0.29) is 12.4 Å². The van der Waals surface area contributed by atoms with Crippen LogP contribution in [-0.2, 0) is 20.8 Å². The molecule has 4 N–H and O–H groups in total. The third kappa shape index (κ3) is 3.51. The second kappa shape index (κ2) is 7.23. The average molecular weight is 496 g/mol. The molecule has 0 bridgehead atoms. The number of hydrogen-bond donors (Lipinski definition) is 2. The minimum absolute atomic E-state index is 0.0938. The zero-order valence-corrected chi connectivity index (χ0v) is 16.7. The number of nitrogens with two attached hydrogens (primary N) is 2. The van der Waals surface area contributed by atoms with Crippen LogP contribution in [0, 0.1) is 3.57 Å². The van der Waals surface area contributed by atoms with E-state index in [1.807, 2.05) is 24.3 Å². The summed E-state index contributed by atoms with van der Waals surface area (Å²) in [6, 6.07) is 7.78. The Balaban J connectivity index is 1.61. The number of nitrogen functional groups attached to an aromatic ring is 1. The lowest BCUT2D eigenvalue weighted by Crippen LogP contribution is -2.19. The van der Waals surface area contributed by atoms with Crippen LogP contribution in [0.4, 0.5) is 5.82 Å². The maximum atomic E-state index is 11.5. The van der Waals surface area contributed by atoms with Gasteiger partial charge in [-0.2, -0.15) is 0 Å². The van der Waals surface area contributed by atoms with Crippen LogP contribution in [0.2, 0.25) is 0 Å². The summed E-state index contributed by atoms with van der Waals surface area (Å²) in [7, 11) is 0. The molecule has 0 spiro atoms. The van der Waals surface area contributed by atoms with Gasteiger partial charge in [-0.15, -0.1) is 0 Å². The number of fused-ring (bicyclic) bond motifs is 1. The van der Waals surface area contributed by atoms with Crippen LogP contribution in [0.1, 0.15) is 11.9 Å². The number of rotatable bonds is 5. The van der Waals surface area contributed by atoms with Gasteiger partial charge < -0.3 is 20.9 Å². The first-order chi connectivity index (χ1) is 13.0. The number of primary amides is 1. The van der Waals surface area contributed by atoms with Gasteiger partial charge in [0.1, 0.15) is 19.1 Å². The standard InChI is InChI=1S/C16H13IN6O3S/c17-9-4-2-1-3-8(9)15-25-6-11(26-15)27-16-22-12-13(19)20-7-21-14(12)23(16)5-10(18)24/h1-4,6-7,15H,5H2,(H2,18,24)(H2,19,20,21). The van der Waals surface area contributed by atoms with E-state index in [0.29, 0.717) is 21.4 Å². The summed E-state index contributed by atoms with van der Waals surface area (Å²) < 4.78 is 14.1. The zero-order chi connectivity index (χ0) is 19.0. The van der Waals surface area contributed by atoms with Crippen molar-refractivity contribution >= 4 is 57.2 Å². The number of nitrogens with zero attached hydrogens (tertiary/aromatic N) is 4. The molecule has 0 saturated heterocycles. The molecular formula is C16H13IN6O3S. The Hall–Kier alpha value is -2.54. The third-order valence-electron chi connectivity index (χ3n) is 3.70. The van der Waals surface area contributed by atoms with E-state index in [0.717, 1.165) is 9.13 Å². The van der Waals surface area contributed by atoms with E-state index in [1.165, 1.54) is 24.4 Å². The summed E-state index contributed by atoms with van der Waals surface area (Å²) in [4.78, 5) is 24.0. The largest absolute Gasteiger partial charge is 0.454 e. The Morgan fingerprint density at radius 2 is 2.15 bits per heavy atom. The van der Waals surface area contributed by atoms with Crippen molar-refractivity contribution in [2.24, 2.45) is 5.73 Å². The number of anilines is 1. The van der Waals surface area contributed by atoms with Crippen molar-refractivity contribution in [3.05, 3.63) is 51.1 Å². The lowest BCUT2D eigenvalue weighted by molar-refractivity contribution is -0.118. The highest BCUT2D eigenvalue weighted by molar-refractivity contribution is 14.1. The number of amides is 1. The van der Waals surface area contributed by atoms with Crippen LogP contribution >= 0.6 is 34.4 Å². The van der Waals surface area contributed by atoms with Crippen LogP contribution in [0.3, 0.4) is 0 Å². The third-order valence-corrected chi connectivity index (χ3v) is 5.57. The molecule has 27 heavy (non-hydrogen) atoms. The van der Waals surface area contributed by atoms with Crippen molar-refractivity contribution in [3.63, 3.8) is 0 Å². The molecule has 0 fully saturated rings. The van der Waals surface area contributed by atoms with E-state index < -0.39 is 12.2 Å². The predicted octanol–water partition coefficient (Wildman–Crippen LogP) is 2.13. The molecule has 11 heteroatoms. The molecule has 3 heterocycles. The fourth-order valence-electron chi connectivity index (χ4n) is 2.53. The summed E-state index contributed by atoms with van der Waals surface area (Å²) >= 11 is 3.42. The molecule has 9 nitrogen and oxygen atoms in total. The van der Waals surface area contributed by atoms with E-state index in [1.54, 1.807) is 4.57 Å². The number of carbonyl (C=O) groups excluding carboxylic acids is 1. The summed E-state index contributed by atoms with van der Waals surface area (Å²) in [5.41, 5.74) is 13.0. The van der Waals surface area contributed by atoms with Gasteiger partial charge in [-0.1, -0.05) is 18.2 Å². The summed E-state index contributed by atoms with van der Waals surface area (Å²) in [5.74, 6) is -0.304. The van der Waals surface area contributed by atoms with E-state index >= 15 is 0 Å². The SMILES string of the molecule is NC(=O)Cn1c(SC2=COC(c3ccccc3I)O2)nc2c(N)ncnc21. The summed E-state index contributed by atoms with van der Waals surface area (Å²) in [5, 5.41) is 0.946. The molecule has 1 unspecified atom stereocenters. The highest BCUT2D eigenvalue weighted by Crippen LogP contribution is 2.39. The maximum Gasteiger partial charge on any atom is 0.268 e. The van der Waals surface area contributed by atoms with Crippen molar-refractivity contribution in [1.82, 2.24) is 19.5 Å². The van der Waals surface area contributed by atoms with E-state index in [2.05, 4.69) is 37.5 Å². The van der Waals surface area contributed by atoms with Gasteiger partial charge in [-0.3, -0.25) is 9.36 Å². The molecule has 1 aromatic carbocycles. The molecule has 1 amide bonds. The van der Waals surface area contributed by atoms with Gasteiger partial charge in [0.15, 0.2) is 22.1 Å². The molecule has 1 aliphatic heterocycles. The Morgan fingerprint density at radius 3 is 2.93 bits per heavy atom. The van der Waals surface area contributed by atoms with Crippen LogP contribution in [0.25, 0.3) is 11.2 Å². The molecule has 0 saturated carbocycles. The molecule has 3 aromatic rings. The normalized spacial score (nSPS) is 16.0. The van der Waals surface area contributed by atoms with Crippen molar-refractivity contribution < 1.29 is 14.3 Å². The van der Waals surface area contributed by atoms with Crippen LogP contribution in [0.15, 0.2) is 47.1 Å². The minimum Gasteiger partial charge on any atom is -0.454 e. The number of benzene rings is 1. The van der Waals surface area contributed by atoms with E-state index in [4.69, 9.17) is 20.9 Å². The number of thioether (sulfide) groups is 1. The number of carbonyl (C=O) groups is 1. The van der Waals surface area contributed by atoms with Crippen LogP contribution < -0.4 is 11.5 Å². The molecule has 1 aliphatic rings. The number of imidazole rings is 1. The Bertz CT molecular complexity index is 1070. The van der Waals surface area contributed by atoms with Crippen molar-refractivity contribution in [3.8, 4) is 0 Å². The molecule has 1 atom stereocenters. The molecule has 4 rings (SSSR count). The summed E-state index contributed by atoms with van der Waals surface area (Å²) in [6.45, 7) is -0.0938. The number of aromatic nitrogens is 4. The maximum absolute atomic E-state index is 11.5. The lowest BCUT2D eigenvalue weighted by Gasteiger charge is -2.13. The van der Waals surface area contributed by atoms with Gasteiger partial charge >= 0.3 is 0 Å². The van der Waals surface area contributed by atoms with E-state index in [9.17, 15) is 4.79 Å². The van der Waals surface area contributed by atoms with Gasteiger partial charge in [-0.25, -0.2) is 15.0 Å². The first-order valence-corrected chi connectivity index (χ1v) is 9.62. The lowest BCUT2D eigenvalue weighted by atomic mass is 10.2. The molecular weight excluding hydrogens is 483 g/mol. The van der Waals surface area contributed by atoms with Gasteiger partial charge in [0, 0.05) is 9.13 Å². The van der Waals surface area contributed by atoms with Crippen molar-refractivity contribution in [2.75, 3.05) is 5.73 Å². The highest BCUT2D eigenvalue weighted by Gasteiger charge is 2.26. The quantitative estimate of drug-likeness (QED) is 0.514. The first kappa shape index (κ1) is 17.9. The van der Waals surface area contributed by atoms with Crippen LogP contribution in [-0.4, -0.2) is 25.4 Å². The van der Waals surface area contributed by atoms with Gasteiger partial charge in [0.2, 0.25) is 11.0 Å². The molecule has 138 valence electrons. The monoisotopic (exact) mass is 496 g/mol. The van der Waals surface area contributed by atoms with Crippen LogP contribution in [0.5, 0.6) is 0 Å².